The van der Waals surface area contributed by atoms with Gasteiger partial charge in [-0.2, -0.15) is 0 Å². The van der Waals surface area contributed by atoms with Crippen LogP contribution in [0.25, 0.3) is 5.57 Å². The first-order chi connectivity index (χ1) is 9.92. The number of allylic oxidation sites excluding steroid dienone is 2. The average Bonchev–Trinajstić information content (AvgIpc) is 2.43. The molecule has 112 valence electrons. The van der Waals surface area contributed by atoms with Crippen LogP contribution < -0.4 is 5.32 Å². The molecule has 0 aliphatic carbocycles. The van der Waals surface area contributed by atoms with Crippen molar-refractivity contribution in [3.05, 3.63) is 53.6 Å². The van der Waals surface area contributed by atoms with Crippen LogP contribution in [0.1, 0.15) is 35.3 Å². The van der Waals surface area contributed by atoms with Crippen LogP contribution in [0.15, 0.2) is 36.9 Å². The van der Waals surface area contributed by atoms with Crippen molar-refractivity contribution >= 4 is 17.4 Å². The molecule has 0 aliphatic heterocycles. The highest BCUT2D eigenvalue weighted by molar-refractivity contribution is 6.20. The molecule has 0 fully saturated rings. The minimum atomic E-state index is -0.497. The standard InChI is InChI=1S/C17H21NO3/c1-6-8-14(17(20)21-5)15-12(4)9-7-10-13(15)16(19)18-11(2)3/h6-11H,1H2,2-5H3,(H,18,19)/b14-8+. The predicted octanol–water partition coefficient (Wildman–Crippen LogP) is 2.88. The van der Waals surface area contributed by atoms with Crippen LogP contribution in [0.4, 0.5) is 0 Å². The Morgan fingerprint density at radius 1 is 1.33 bits per heavy atom. The average molecular weight is 287 g/mol. The summed E-state index contributed by atoms with van der Waals surface area (Å²) in [6, 6.07) is 5.34. The monoisotopic (exact) mass is 287 g/mol. The van der Waals surface area contributed by atoms with Gasteiger partial charge < -0.3 is 10.1 Å². The normalized spacial score (nSPS) is 11.2. The zero-order valence-electron chi connectivity index (χ0n) is 12.9. The topological polar surface area (TPSA) is 55.4 Å². The molecule has 0 spiro atoms. The van der Waals surface area contributed by atoms with Gasteiger partial charge in [0.05, 0.1) is 12.7 Å². The maximum Gasteiger partial charge on any atom is 0.338 e. The summed E-state index contributed by atoms with van der Waals surface area (Å²) in [5.41, 5.74) is 2.16. The van der Waals surface area contributed by atoms with Crippen LogP contribution >= 0.6 is 0 Å². The third-order valence-corrected chi connectivity index (χ3v) is 2.90. The van der Waals surface area contributed by atoms with Crippen LogP contribution in [0.5, 0.6) is 0 Å². The van der Waals surface area contributed by atoms with Crippen molar-refractivity contribution < 1.29 is 14.3 Å². The molecule has 1 aromatic rings. The lowest BCUT2D eigenvalue weighted by atomic mass is 9.94. The summed E-state index contributed by atoms with van der Waals surface area (Å²) in [7, 11) is 1.31. The van der Waals surface area contributed by atoms with Crippen molar-refractivity contribution in [2.24, 2.45) is 0 Å². The van der Waals surface area contributed by atoms with E-state index in [1.54, 1.807) is 18.2 Å². The van der Waals surface area contributed by atoms with E-state index in [2.05, 4.69) is 11.9 Å². The maximum atomic E-state index is 12.3. The van der Waals surface area contributed by atoms with Crippen LogP contribution in [0, 0.1) is 6.92 Å². The Morgan fingerprint density at radius 2 is 2.00 bits per heavy atom. The second-order valence-electron chi connectivity index (χ2n) is 4.93. The van der Waals surface area contributed by atoms with Gasteiger partial charge >= 0.3 is 5.97 Å². The van der Waals surface area contributed by atoms with E-state index in [0.717, 1.165) is 5.56 Å². The number of carbonyl (C=O) groups excluding carboxylic acids is 2. The Kier molecular flexibility index (Phi) is 5.91. The smallest absolute Gasteiger partial charge is 0.338 e. The molecule has 0 aliphatic rings. The Morgan fingerprint density at radius 3 is 2.52 bits per heavy atom. The van der Waals surface area contributed by atoms with Gasteiger partial charge in [-0.25, -0.2) is 4.79 Å². The molecule has 1 aromatic carbocycles. The fourth-order valence-electron chi connectivity index (χ4n) is 2.04. The molecule has 0 radical (unpaired) electrons. The molecule has 0 atom stereocenters. The van der Waals surface area contributed by atoms with Crippen molar-refractivity contribution in [3.63, 3.8) is 0 Å². The lowest BCUT2D eigenvalue weighted by Crippen LogP contribution is -2.31. The number of carbonyl (C=O) groups is 2. The molecule has 0 saturated heterocycles. The molecule has 0 bridgehead atoms. The molecule has 0 aromatic heterocycles. The molecule has 0 unspecified atom stereocenters. The molecular formula is C17H21NO3. The first-order valence-electron chi connectivity index (χ1n) is 6.74. The highest BCUT2D eigenvalue weighted by Crippen LogP contribution is 2.25. The number of rotatable bonds is 5. The lowest BCUT2D eigenvalue weighted by molar-refractivity contribution is -0.133. The minimum absolute atomic E-state index is 0.0100. The van der Waals surface area contributed by atoms with E-state index in [4.69, 9.17) is 4.74 Å². The summed E-state index contributed by atoms with van der Waals surface area (Å²) in [5, 5.41) is 2.84. The van der Waals surface area contributed by atoms with E-state index >= 15 is 0 Å². The third kappa shape index (κ3) is 4.05. The SMILES string of the molecule is C=C/C=C(/C(=O)OC)c1c(C)cccc1C(=O)NC(C)C. The first-order valence-corrected chi connectivity index (χ1v) is 6.74. The van der Waals surface area contributed by atoms with E-state index in [9.17, 15) is 9.59 Å². The zero-order valence-corrected chi connectivity index (χ0v) is 12.9. The summed E-state index contributed by atoms with van der Waals surface area (Å²) in [6.07, 6.45) is 3.06. The molecule has 4 heteroatoms. The summed E-state index contributed by atoms with van der Waals surface area (Å²) < 4.78 is 4.80. The lowest BCUT2D eigenvalue weighted by Gasteiger charge is -2.15. The minimum Gasteiger partial charge on any atom is -0.465 e. The van der Waals surface area contributed by atoms with Crippen LogP contribution in [-0.2, 0) is 9.53 Å². The van der Waals surface area contributed by atoms with Crippen LogP contribution in [-0.4, -0.2) is 25.0 Å². The number of aryl methyl sites for hydroxylation is 1. The molecule has 21 heavy (non-hydrogen) atoms. The van der Waals surface area contributed by atoms with Crippen molar-refractivity contribution in [3.8, 4) is 0 Å². The van der Waals surface area contributed by atoms with Crippen LogP contribution in [0.2, 0.25) is 0 Å². The fraction of sp³-hybridized carbons (Fsp3) is 0.294. The summed E-state index contributed by atoms with van der Waals surface area (Å²) >= 11 is 0. The zero-order chi connectivity index (χ0) is 16.0. The number of hydrogen-bond donors (Lipinski definition) is 1. The van der Waals surface area contributed by atoms with Gasteiger partial charge in [0.25, 0.3) is 5.91 Å². The molecular weight excluding hydrogens is 266 g/mol. The fourth-order valence-corrected chi connectivity index (χ4v) is 2.04. The van der Waals surface area contributed by atoms with Gasteiger partial charge in [0.1, 0.15) is 0 Å². The number of hydrogen-bond acceptors (Lipinski definition) is 3. The van der Waals surface area contributed by atoms with Crippen molar-refractivity contribution in [2.45, 2.75) is 26.8 Å². The number of esters is 1. The Labute approximate surface area is 125 Å². The number of benzene rings is 1. The number of amides is 1. The molecule has 0 saturated carbocycles. The number of methoxy groups -OCH3 is 1. The van der Waals surface area contributed by atoms with E-state index in [-0.39, 0.29) is 11.9 Å². The van der Waals surface area contributed by atoms with Gasteiger partial charge in [-0.05, 0) is 38.5 Å². The second kappa shape index (κ2) is 7.43. The van der Waals surface area contributed by atoms with E-state index in [1.165, 1.54) is 13.2 Å². The van der Waals surface area contributed by atoms with E-state index in [0.29, 0.717) is 16.7 Å². The summed E-state index contributed by atoms with van der Waals surface area (Å²) in [4.78, 5) is 24.3. The number of ether oxygens (including phenoxy) is 1. The Bertz CT molecular complexity index is 586. The van der Waals surface area contributed by atoms with Gasteiger partial charge in [-0.15, -0.1) is 0 Å². The largest absolute Gasteiger partial charge is 0.465 e. The van der Waals surface area contributed by atoms with Crippen LogP contribution in [0.3, 0.4) is 0 Å². The Balaban J connectivity index is 3.46. The van der Waals surface area contributed by atoms with E-state index in [1.807, 2.05) is 26.8 Å². The van der Waals surface area contributed by atoms with Crippen molar-refractivity contribution in [2.75, 3.05) is 7.11 Å². The molecule has 1 rings (SSSR count). The van der Waals surface area contributed by atoms with Gasteiger partial charge in [0.2, 0.25) is 0 Å². The molecule has 0 heterocycles. The summed E-state index contributed by atoms with van der Waals surface area (Å²) in [6.45, 7) is 9.23. The molecule has 1 N–H and O–H groups in total. The maximum absolute atomic E-state index is 12.3. The van der Waals surface area contributed by atoms with Gasteiger partial charge in [0, 0.05) is 17.2 Å². The molecule has 4 nitrogen and oxygen atoms in total. The second-order valence-corrected chi connectivity index (χ2v) is 4.93. The third-order valence-electron chi connectivity index (χ3n) is 2.90. The van der Waals surface area contributed by atoms with E-state index < -0.39 is 5.97 Å². The highest BCUT2D eigenvalue weighted by atomic mass is 16.5. The quantitative estimate of drug-likeness (QED) is 0.514. The Hall–Kier alpha value is -2.36. The highest BCUT2D eigenvalue weighted by Gasteiger charge is 2.21. The number of nitrogens with one attached hydrogen (secondary N) is 1. The van der Waals surface area contributed by atoms with Gasteiger partial charge in [-0.3, -0.25) is 4.79 Å². The summed E-state index contributed by atoms with van der Waals surface area (Å²) in [5.74, 6) is -0.717. The predicted molar refractivity (Wildman–Crippen MR) is 84.0 cm³/mol. The van der Waals surface area contributed by atoms with Gasteiger partial charge in [-0.1, -0.05) is 24.8 Å². The molecule has 1 amide bonds. The van der Waals surface area contributed by atoms with Crippen molar-refractivity contribution in [1.29, 1.82) is 0 Å². The first kappa shape index (κ1) is 16.7. The van der Waals surface area contributed by atoms with Gasteiger partial charge in [0.15, 0.2) is 0 Å². The van der Waals surface area contributed by atoms with Crippen molar-refractivity contribution in [1.82, 2.24) is 5.32 Å².